The molecule has 0 spiro atoms. The highest BCUT2D eigenvalue weighted by Gasteiger charge is 2.21. The zero-order valence-electron chi connectivity index (χ0n) is 13.9. The van der Waals surface area contributed by atoms with E-state index in [4.69, 9.17) is 17.3 Å². The van der Waals surface area contributed by atoms with Crippen molar-refractivity contribution in [1.29, 1.82) is 0 Å². The molecule has 0 radical (unpaired) electrons. The molecule has 0 bridgehead atoms. The molecule has 2 aromatic rings. The molecule has 0 unspecified atom stereocenters. The van der Waals surface area contributed by atoms with Gasteiger partial charge in [0.05, 0.1) is 0 Å². The predicted molar refractivity (Wildman–Crippen MR) is 97.1 cm³/mol. The molecule has 2 rings (SSSR count). The highest BCUT2D eigenvalue weighted by molar-refractivity contribution is 5.97. The van der Waals surface area contributed by atoms with E-state index < -0.39 is 23.8 Å². The number of nitrogens with one attached hydrogen (secondary N) is 1. The first-order valence-electron chi connectivity index (χ1n) is 7.90. The van der Waals surface area contributed by atoms with Crippen LogP contribution in [0.2, 0.25) is 0 Å². The van der Waals surface area contributed by atoms with Gasteiger partial charge in [-0.05, 0) is 41.8 Å². The van der Waals surface area contributed by atoms with Gasteiger partial charge in [0, 0.05) is 17.5 Å². The number of nitrogens with two attached hydrogens (primary N) is 1. The van der Waals surface area contributed by atoms with E-state index in [1.54, 1.807) is 24.3 Å². The third kappa shape index (κ3) is 4.95. The van der Waals surface area contributed by atoms with Gasteiger partial charge < -0.3 is 16.2 Å². The molecule has 0 aliphatic carbocycles. The van der Waals surface area contributed by atoms with Crippen LogP contribution in [0.4, 0.5) is 0 Å². The predicted octanol–water partition coefficient (Wildman–Crippen LogP) is 1.78. The third-order valence-corrected chi connectivity index (χ3v) is 3.81. The van der Waals surface area contributed by atoms with Crippen molar-refractivity contribution < 1.29 is 19.5 Å². The van der Waals surface area contributed by atoms with Crippen molar-refractivity contribution in [2.75, 3.05) is 0 Å². The van der Waals surface area contributed by atoms with Crippen LogP contribution in [-0.2, 0) is 9.59 Å². The lowest BCUT2D eigenvalue weighted by Crippen LogP contribution is -2.41. The fourth-order valence-corrected chi connectivity index (χ4v) is 2.36. The quantitative estimate of drug-likeness (QED) is 0.661. The van der Waals surface area contributed by atoms with Gasteiger partial charge in [0.2, 0.25) is 5.91 Å². The van der Waals surface area contributed by atoms with Gasteiger partial charge in [0.25, 0.3) is 5.91 Å². The van der Waals surface area contributed by atoms with Crippen LogP contribution < -0.4 is 11.1 Å². The van der Waals surface area contributed by atoms with E-state index in [0.29, 0.717) is 5.56 Å². The molecule has 6 nitrogen and oxygen atoms in total. The number of hydrogen-bond acceptors (Lipinski definition) is 3. The van der Waals surface area contributed by atoms with Crippen molar-refractivity contribution in [3.8, 4) is 23.5 Å². The second-order valence-electron chi connectivity index (χ2n) is 5.67. The molecule has 0 saturated carbocycles. The Balaban J connectivity index is 2.08. The number of benzene rings is 2. The van der Waals surface area contributed by atoms with Gasteiger partial charge in [-0.15, -0.1) is 6.42 Å². The summed E-state index contributed by atoms with van der Waals surface area (Å²) < 4.78 is 0. The highest BCUT2D eigenvalue weighted by atomic mass is 16.4. The van der Waals surface area contributed by atoms with Crippen LogP contribution in [0.1, 0.15) is 28.8 Å². The number of rotatable bonds is 7. The van der Waals surface area contributed by atoms with Crippen LogP contribution in [0.15, 0.2) is 48.5 Å². The maximum Gasteiger partial charge on any atom is 0.326 e. The number of aliphatic carboxylic acids is 1. The topological polar surface area (TPSA) is 109 Å². The van der Waals surface area contributed by atoms with Gasteiger partial charge in [0.15, 0.2) is 0 Å². The van der Waals surface area contributed by atoms with E-state index in [1.165, 1.54) is 0 Å². The average Bonchev–Trinajstić information content (AvgIpc) is 2.64. The van der Waals surface area contributed by atoms with Gasteiger partial charge in [-0.25, -0.2) is 4.79 Å². The van der Waals surface area contributed by atoms with Crippen molar-refractivity contribution in [2.45, 2.75) is 18.9 Å². The fourth-order valence-electron chi connectivity index (χ4n) is 2.36. The monoisotopic (exact) mass is 350 g/mol. The second kappa shape index (κ2) is 8.49. The minimum atomic E-state index is -1.22. The molecular weight excluding hydrogens is 332 g/mol. The molecular formula is C20H18N2O4. The van der Waals surface area contributed by atoms with Crippen LogP contribution in [0, 0.1) is 12.3 Å². The molecule has 1 atom stereocenters. The SMILES string of the molecule is C#Cc1ccc(-c2ccc(C(=O)N[C@@H](CCC(N)=O)C(=O)O)cc2)cc1. The van der Waals surface area contributed by atoms with Crippen LogP contribution >= 0.6 is 0 Å². The van der Waals surface area contributed by atoms with Crippen molar-refractivity contribution in [2.24, 2.45) is 5.73 Å². The van der Waals surface area contributed by atoms with E-state index in [1.807, 2.05) is 24.3 Å². The molecule has 0 aliphatic heterocycles. The molecule has 2 amide bonds. The first kappa shape index (κ1) is 18.7. The Bertz CT molecular complexity index is 849. The highest BCUT2D eigenvalue weighted by Crippen LogP contribution is 2.20. The summed E-state index contributed by atoms with van der Waals surface area (Å²) in [6.45, 7) is 0. The maximum absolute atomic E-state index is 12.2. The molecule has 2 aromatic carbocycles. The number of carbonyl (C=O) groups excluding carboxylic acids is 2. The summed E-state index contributed by atoms with van der Waals surface area (Å²) in [6.07, 6.45) is 5.15. The summed E-state index contributed by atoms with van der Waals surface area (Å²) in [7, 11) is 0. The normalized spacial score (nSPS) is 11.2. The van der Waals surface area contributed by atoms with Crippen LogP contribution in [0.5, 0.6) is 0 Å². The molecule has 0 fully saturated rings. The molecule has 0 heterocycles. The number of terminal acetylenes is 1. The van der Waals surface area contributed by atoms with Gasteiger partial charge >= 0.3 is 5.97 Å². The number of carboxylic acid groups (broad SMARTS) is 1. The van der Waals surface area contributed by atoms with Crippen molar-refractivity contribution in [1.82, 2.24) is 5.32 Å². The van der Waals surface area contributed by atoms with Crippen LogP contribution in [0.25, 0.3) is 11.1 Å². The average molecular weight is 350 g/mol. The molecule has 132 valence electrons. The van der Waals surface area contributed by atoms with E-state index in [-0.39, 0.29) is 12.8 Å². The molecule has 6 heteroatoms. The zero-order chi connectivity index (χ0) is 19.1. The number of carbonyl (C=O) groups is 3. The van der Waals surface area contributed by atoms with Crippen LogP contribution in [0.3, 0.4) is 0 Å². The summed E-state index contributed by atoms with van der Waals surface area (Å²) in [4.78, 5) is 34.2. The van der Waals surface area contributed by atoms with Gasteiger partial charge in [-0.1, -0.05) is 30.2 Å². The van der Waals surface area contributed by atoms with Crippen LogP contribution in [-0.4, -0.2) is 28.9 Å². The lowest BCUT2D eigenvalue weighted by atomic mass is 10.0. The number of amides is 2. The molecule has 26 heavy (non-hydrogen) atoms. The Hall–Kier alpha value is -3.59. The maximum atomic E-state index is 12.2. The summed E-state index contributed by atoms with van der Waals surface area (Å²) in [5.74, 6) is 0.176. The lowest BCUT2D eigenvalue weighted by molar-refractivity contribution is -0.139. The number of carboxylic acids is 1. The van der Waals surface area contributed by atoms with Crippen molar-refractivity contribution in [3.63, 3.8) is 0 Å². The molecule has 4 N–H and O–H groups in total. The Morgan fingerprint density at radius 1 is 1.04 bits per heavy atom. The van der Waals surface area contributed by atoms with Gasteiger partial charge in [0.1, 0.15) is 6.04 Å². The first-order chi connectivity index (χ1) is 12.4. The minimum Gasteiger partial charge on any atom is -0.480 e. The van der Waals surface area contributed by atoms with E-state index in [9.17, 15) is 14.4 Å². The molecule has 0 aliphatic rings. The zero-order valence-corrected chi connectivity index (χ0v) is 13.9. The second-order valence-corrected chi connectivity index (χ2v) is 5.67. The smallest absolute Gasteiger partial charge is 0.326 e. The van der Waals surface area contributed by atoms with E-state index >= 15 is 0 Å². The standard InChI is InChI=1S/C20H18N2O4/c1-2-13-3-5-14(6-4-13)15-7-9-16(10-8-15)19(24)22-17(20(25)26)11-12-18(21)23/h1,3-10,17H,11-12H2,(H2,21,23)(H,22,24)(H,25,26)/t17-/m0/s1. The Kier molecular flexibility index (Phi) is 6.12. The molecule has 0 aromatic heterocycles. The Labute approximate surface area is 151 Å². The van der Waals surface area contributed by atoms with Gasteiger partial charge in [-0.3, -0.25) is 9.59 Å². The fraction of sp³-hybridized carbons (Fsp3) is 0.150. The van der Waals surface area contributed by atoms with Crippen molar-refractivity contribution in [3.05, 3.63) is 59.7 Å². The minimum absolute atomic E-state index is 0.0595. The Morgan fingerprint density at radius 2 is 1.58 bits per heavy atom. The summed E-state index contributed by atoms with van der Waals surface area (Å²) in [5.41, 5.74) is 7.96. The van der Waals surface area contributed by atoms with Gasteiger partial charge in [-0.2, -0.15) is 0 Å². The summed E-state index contributed by atoms with van der Waals surface area (Å²) >= 11 is 0. The lowest BCUT2D eigenvalue weighted by Gasteiger charge is -2.14. The number of hydrogen-bond donors (Lipinski definition) is 3. The van der Waals surface area contributed by atoms with Crippen molar-refractivity contribution >= 4 is 17.8 Å². The largest absolute Gasteiger partial charge is 0.480 e. The van der Waals surface area contributed by atoms with E-state index in [2.05, 4.69) is 11.2 Å². The first-order valence-corrected chi connectivity index (χ1v) is 7.90. The molecule has 0 saturated heterocycles. The number of primary amides is 1. The summed E-state index contributed by atoms with van der Waals surface area (Å²) in [6, 6.07) is 13.0. The third-order valence-electron chi connectivity index (χ3n) is 3.81. The Morgan fingerprint density at radius 3 is 2.04 bits per heavy atom. The summed E-state index contributed by atoms with van der Waals surface area (Å²) in [5, 5.41) is 11.5. The van der Waals surface area contributed by atoms with E-state index in [0.717, 1.165) is 16.7 Å².